The van der Waals surface area contributed by atoms with Gasteiger partial charge in [0, 0.05) is 28.6 Å². The van der Waals surface area contributed by atoms with Crippen LogP contribution < -0.4 is 5.43 Å². The highest BCUT2D eigenvalue weighted by Gasteiger charge is 2.17. The number of para-hydroxylation sites is 1. The van der Waals surface area contributed by atoms with E-state index in [1.165, 1.54) is 30.1 Å². The average molecular weight is 519 g/mol. The van der Waals surface area contributed by atoms with E-state index in [1.54, 1.807) is 36.4 Å². The van der Waals surface area contributed by atoms with Crippen molar-refractivity contribution in [3.63, 3.8) is 0 Å². The van der Waals surface area contributed by atoms with Crippen LogP contribution >= 0.6 is 23.4 Å². The van der Waals surface area contributed by atoms with Gasteiger partial charge in [-0.25, -0.2) is 5.43 Å². The highest BCUT2D eigenvalue weighted by molar-refractivity contribution is 7.99. The molecule has 0 aliphatic heterocycles. The smallest absolute Gasteiger partial charge is 0.272 e. The summed E-state index contributed by atoms with van der Waals surface area (Å²) in [6, 6.07) is 23.2. The predicted molar refractivity (Wildman–Crippen MR) is 141 cm³/mol. The van der Waals surface area contributed by atoms with Gasteiger partial charge in [0.1, 0.15) is 0 Å². The number of hydrogen-bond donors (Lipinski definition) is 1. The highest BCUT2D eigenvalue weighted by atomic mass is 35.5. The summed E-state index contributed by atoms with van der Waals surface area (Å²) in [7, 11) is 0. The maximum Gasteiger partial charge on any atom is 0.276 e. The number of aromatic nitrogens is 3. The summed E-state index contributed by atoms with van der Waals surface area (Å²) in [5, 5.41) is 24.7. The molecular formula is C25H19ClN6O3S. The Labute approximate surface area is 215 Å². The third kappa shape index (κ3) is 6.23. The van der Waals surface area contributed by atoms with E-state index in [2.05, 4.69) is 20.7 Å². The molecule has 0 aliphatic rings. The number of carbonyl (C=O) groups excluding carboxylic acids is 1. The SMILES string of the molecule is O=C(CSc1nnc(-c2ccccc2)n1-c1ccc(Cl)cc1)NN=CC=Cc1ccccc1[N+](=O)[O-]. The van der Waals surface area contributed by atoms with Gasteiger partial charge in [-0.15, -0.1) is 10.2 Å². The molecule has 3 aromatic carbocycles. The zero-order valence-electron chi connectivity index (χ0n) is 18.7. The number of allylic oxidation sites excluding steroid dienone is 1. The van der Waals surface area contributed by atoms with Crippen LogP contribution in [0.3, 0.4) is 0 Å². The maximum absolute atomic E-state index is 12.3. The molecule has 1 aromatic heterocycles. The zero-order valence-corrected chi connectivity index (χ0v) is 20.3. The molecule has 1 heterocycles. The molecule has 180 valence electrons. The topological polar surface area (TPSA) is 115 Å². The molecule has 4 aromatic rings. The Kier molecular flexibility index (Phi) is 8.22. The van der Waals surface area contributed by atoms with Crippen LogP contribution in [-0.2, 0) is 4.79 Å². The van der Waals surface area contributed by atoms with E-state index in [9.17, 15) is 14.9 Å². The van der Waals surface area contributed by atoms with Crippen molar-refractivity contribution in [2.24, 2.45) is 5.10 Å². The summed E-state index contributed by atoms with van der Waals surface area (Å²) in [5.74, 6) is 0.340. The molecule has 0 saturated heterocycles. The molecule has 1 amide bonds. The van der Waals surface area contributed by atoms with Crippen molar-refractivity contribution in [2.75, 3.05) is 5.75 Å². The predicted octanol–water partition coefficient (Wildman–Crippen LogP) is 5.40. The van der Waals surface area contributed by atoms with Crippen molar-refractivity contribution < 1.29 is 9.72 Å². The molecule has 36 heavy (non-hydrogen) atoms. The fourth-order valence-corrected chi connectivity index (χ4v) is 4.09. The summed E-state index contributed by atoms with van der Waals surface area (Å²) < 4.78 is 1.86. The second-order valence-electron chi connectivity index (χ2n) is 7.26. The van der Waals surface area contributed by atoms with Gasteiger partial charge in [-0.2, -0.15) is 5.10 Å². The van der Waals surface area contributed by atoms with Crippen LogP contribution in [0.2, 0.25) is 5.02 Å². The molecule has 0 atom stereocenters. The first-order valence-electron chi connectivity index (χ1n) is 10.6. The Morgan fingerprint density at radius 2 is 1.78 bits per heavy atom. The number of thioether (sulfide) groups is 1. The monoisotopic (exact) mass is 518 g/mol. The first-order valence-corrected chi connectivity index (χ1v) is 12.0. The van der Waals surface area contributed by atoms with Gasteiger partial charge in [0.25, 0.3) is 11.6 Å². The van der Waals surface area contributed by atoms with Crippen molar-refractivity contribution in [1.82, 2.24) is 20.2 Å². The number of nitrogens with one attached hydrogen (secondary N) is 1. The van der Waals surface area contributed by atoms with E-state index in [-0.39, 0.29) is 17.3 Å². The lowest BCUT2D eigenvalue weighted by Crippen LogP contribution is -2.19. The molecule has 0 spiro atoms. The largest absolute Gasteiger partial charge is 0.276 e. The molecule has 9 nitrogen and oxygen atoms in total. The third-order valence-electron chi connectivity index (χ3n) is 4.84. The minimum atomic E-state index is -0.457. The van der Waals surface area contributed by atoms with E-state index in [0.717, 1.165) is 11.3 Å². The van der Waals surface area contributed by atoms with Gasteiger partial charge in [0.15, 0.2) is 11.0 Å². The number of halogens is 1. The summed E-state index contributed by atoms with van der Waals surface area (Å²) in [4.78, 5) is 22.9. The Bertz CT molecular complexity index is 1420. The normalized spacial score (nSPS) is 11.2. The van der Waals surface area contributed by atoms with Crippen molar-refractivity contribution in [3.8, 4) is 17.1 Å². The van der Waals surface area contributed by atoms with Crippen LogP contribution in [0.1, 0.15) is 5.56 Å². The minimum absolute atomic E-state index is 0.0118. The molecule has 0 unspecified atom stereocenters. The Morgan fingerprint density at radius 3 is 2.53 bits per heavy atom. The van der Waals surface area contributed by atoms with Crippen LogP contribution in [-0.4, -0.2) is 37.6 Å². The molecule has 4 rings (SSSR count). The lowest BCUT2D eigenvalue weighted by atomic mass is 10.2. The van der Waals surface area contributed by atoms with Gasteiger partial charge in [0.05, 0.1) is 16.2 Å². The minimum Gasteiger partial charge on any atom is -0.272 e. The molecule has 1 N–H and O–H groups in total. The number of benzene rings is 3. The quantitative estimate of drug-likeness (QED) is 0.137. The van der Waals surface area contributed by atoms with Gasteiger partial charge in [-0.1, -0.05) is 65.8 Å². The lowest BCUT2D eigenvalue weighted by Gasteiger charge is -2.10. The Morgan fingerprint density at radius 1 is 1.06 bits per heavy atom. The van der Waals surface area contributed by atoms with Crippen LogP contribution in [0, 0.1) is 10.1 Å². The standard InChI is InChI=1S/C25H19ClN6O3S/c26-20-12-14-21(15-13-20)31-24(19-8-2-1-3-9-19)29-30-25(31)36-17-23(33)28-27-16-6-10-18-7-4-5-11-22(18)32(34)35/h1-16H,17H2,(H,28,33). The van der Waals surface area contributed by atoms with Gasteiger partial charge < -0.3 is 0 Å². The molecule has 11 heteroatoms. The first kappa shape index (κ1) is 24.8. The highest BCUT2D eigenvalue weighted by Crippen LogP contribution is 2.28. The van der Waals surface area contributed by atoms with Crippen LogP contribution in [0.5, 0.6) is 0 Å². The van der Waals surface area contributed by atoms with Crippen molar-refractivity contribution >= 4 is 47.2 Å². The van der Waals surface area contributed by atoms with Gasteiger partial charge in [-0.3, -0.25) is 19.5 Å². The summed E-state index contributed by atoms with van der Waals surface area (Å²) in [6.45, 7) is 0. The van der Waals surface area contributed by atoms with Crippen molar-refractivity contribution in [2.45, 2.75) is 5.16 Å². The number of carbonyl (C=O) groups is 1. The van der Waals surface area contributed by atoms with Crippen LogP contribution in [0.25, 0.3) is 23.2 Å². The van der Waals surface area contributed by atoms with Crippen molar-refractivity contribution in [1.29, 1.82) is 0 Å². The number of nitro benzene ring substituents is 1. The first-order chi connectivity index (χ1) is 17.5. The fraction of sp³-hybridized carbons (Fsp3) is 0.0400. The summed E-state index contributed by atoms with van der Waals surface area (Å²) >= 11 is 7.27. The molecule has 0 radical (unpaired) electrons. The third-order valence-corrected chi connectivity index (χ3v) is 6.02. The van der Waals surface area contributed by atoms with E-state index >= 15 is 0 Å². The van der Waals surface area contributed by atoms with Crippen molar-refractivity contribution in [3.05, 3.63) is 106 Å². The van der Waals surface area contributed by atoms with Gasteiger partial charge in [0.2, 0.25) is 0 Å². The van der Waals surface area contributed by atoms with E-state index in [0.29, 0.717) is 21.6 Å². The Balaban J connectivity index is 1.42. The second kappa shape index (κ2) is 11.9. The van der Waals surface area contributed by atoms with E-state index in [4.69, 9.17) is 11.6 Å². The fourth-order valence-electron chi connectivity index (χ4n) is 3.22. The molecule has 0 bridgehead atoms. The summed E-state index contributed by atoms with van der Waals surface area (Å²) in [6.07, 6.45) is 4.41. The number of rotatable bonds is 9. The number of hydrazone groups is 1. The lowest BCUT2D eigenvalue weighted by molar-refractivity contribution is -0.385. The Hall–Kier alpha value is -4.28. The second-order valence-corrected chi connectivity index (χ2v) is 8.64. The molecule has 0 fully saturated rings. The average Bonchev–Trinajstić information content (AvgIpc) is 3.32. The molecule has 0 saturated carbocycles. The van der Waals surface area contributed by atoms with Crippen LogP contribution in [0.4, 0.5) is 5.69 Å². The van der Waals surface area contributed by atoms with Crippen LogP contribution in [0.15, 0.2) is 95.2 Å². The van der Waals surface area contributed by atoms with E-state index in [1.807, 2.05) is 47.0 Å². The number of hydrogen-bond acceptors (Lipinski definition) is 7. The number of nitro groups is 1. The number of nitrogens with zero attached hydrogens (tertiary/aromatic N) is 5. The zero-order chi connectivity index (χ0) is 25.3. The molecular weight excluding hydrogens is 500 g/mol. The maximum atomic E-state index is 12.3. The summed E-state index contributed by atoms with van der Waals surface area (Å²) in [5.41, 5.74) is 4.55. The number of amides is 1. The van der Waals surface area contributed by atoms with Gasteiger partial charge >= 0.3 is 0 Å². The van der Waals surface area contributed by atoms with E-state index < -0.39 is 4.92 Å². The van der Waals surface area contributed by atoms with Gasteiger partial charge in [-0.05, 0) is 42.5 Å². The molecule has 0 aliphatic carbocycles.